The van der Waals surface area contributed by atoms with Crippen LogP contribution in [0.3, 0.4) is 0 Å². The number of aromatic nitrogens is 3. The first-order valence-corrected chi connectivity index (χ1v) is 8.60. The van der Waals surface area contributed by atoms with Gasteiger partial charge in [-0.2, -0.15) is 0 Å². The summed E-state index contributed by atoms with van der Waals surface area (Å²) in [5, 5.41) is 11.6. The molecule has 2 heterocycles. The van der Waals surface area contributed by atoms with E-state index >= 15 is 0 Å². The highest BCUT2D eigenvalue weighted by molar-refractivity contribution is 8.02. The van der Waals surface area contributed by atoms with Crippen LogP contribution in [0.25, 0.3) is 5.70 Å². The molecule has 1 aliphatic heterocycles. The minimum Gasteiger partial charge on any atom is -0.290 e. The lowest BCUT2D eigenvalue weighted by Crippen LogP contribution is -2.19. The van der Waals surface area contributed by atoms with E-state index in [9.17, 15) is 0 Å². The van der Waals surface area contributed by atoms with Gasteiger partial charge < -0.3 is 0 Å². The lowest BCUT2D eigenvalue weighted by atomic mass is 9.86. The topological polar surface area (TPSA) is 42.7 Å². The number of rotatable bonds is 2. The average molecular weight is 312 g/mol. The zero-order chi connectivity index (χ0) is 15.3. The van der Waals surface area contributed by atoms with Gasteiger partial charge in [0.05, 0.1) is 5.70 Å². The van der Waals surface area contributed by atoms with Crippen LogP contribution in [0.4, 0.5) is 0 Å². The van der Waals surface area contributed by atoms with Crippen LogP contribution in [-0.2, 0) is 5.41 Å². The summed E-state index contributed by atoms with van der Waals surface area (Å²) in [6.07, 6.45) is 2.45. The van der Waals surface area contributed by atoms with Crippen molar-refractivity contribution < 1.29 is 0 Å². The Hall–Kier alpha value is -1.75. The van der Waals surface area contributed by atoms with Crippen LogP contribution in [0, 0.1) is 0 Å². The van der Waals surface area contributed by atoms with Crippen LogP contribution in [-0.4, -0.2) is 14.9 Å². The Morgan fingerprint density at radius 3 is 2.50 bits per heavy atom. The van der Waals surface area contributed by atoms with Crippen LogP contribution in [0.1, 0.15) is 56.5 Å². The minimum absolute atomic E-state index is 0.183. The van der Waals surface area contributed by atoms with Crippen molar-refractivity contribution in [3.8, 4) is 0 Å². The summed E-state index contributed by atoms with van der Waals surface area (Å²) in [7, 11) is 0. The molecule has 2 aliphatic rings. The van der Waals surface area contributed by atoms with Gasteiger partial charge in [0, 0.05) is 11.3 Å². The number of fused-ring (bicyclic) bond motifs is 1. The van der Waals surface area contributed by atoms with Crippen LogP contribution in [0.5, 0.6) is 0 Å². The molecule has 4 nitrogen and oxygen atoms in total. The third-order valence-electron chi connectivity index (χ3n) is 4.18. The van der Waals surface area contributed by atoms with Crippen molar-refractivity contribution in [2.24, 2.45) is 0 Å². The summed E-state index contributed by atoms with van der Waals surface area (Å²) in [6, 6.07) is 8.80. The fourth-order valence-electron chi connectivity index (χ4n) is 2.61. The standard InChI is InChI=1S/C17H20N4S/c1-17(2,3)13-8-6-11(7-9-13)14-10-22-16-19-18-15(12-4-5-12)21(16)20-14/h6-10,12,20H,4-5H2,1-3H3. The van der Waals surface area contributed by atoms with E-state index in [1.807, 2.05) is 0 Å². The Balaban J connectivity index is 1.61. The Bertz CT molecular complexity index is 733. The molecule has 2 aromatic rings. The second-order valence-corrected chi connectivity index (χ2v) is 7.88. The highest BCUT2D eigenvalue weighted by Crippen LogP contribution is 2.41. The molecule has 0 unspecified atom stereocenters. The molecule has 0 saturated heterocycles. The molecule has 5 heteroatoms. The molecule has 1 aromatic heterocycles. The molecule has 114 valence electrons. The molecule has 0 spiro atoms. The van der Waals surface area contributed by atoms with Crippen LogP contribution < -0.4 is 5.43 Å². The monoisotopic (exact) mass is 312 g/mol. The lowest BCUT2D eigenvalue weighted by Gasteiger charge is -2.21. The predicted molar refractivity (Wildman–Crippen MR) is 90.3 cm³/mol. The smallest absolute Gasteiger partial charge is 0.214 e. The van der Waals surface area contributed by atoms with Crippen LogP contribution in [0.2, 0.25) is 0 Å². The van der Waals surface area contributed by atoms with Gasteiger partial charge in [-0.3, -0.25) is 5.43 Å². The quantitative estimate of drug-likeness (QED) is 0.906. The fourth-order valence-corrected chi connectivity index (χ4v) is 3.35. The number of hydrogen-bond acceptors (Lipinski definition) is 4. The maximum Gasteiger partial charge on any atom is 0.214 e. The third-order valence-corrected chi connectivity index (χ3v) is 5.01. The zero-order valence-corrected chi connectivity index (χ0v) is 13.9. The first-order valence-electron chi connectivity index (χ1n) is 7.72. The Kier molecular flexibility index (Phi) is 3.08. The molecule has 1 N–H and O–H groups in total. The molecule has 1 aliphatic carbocycles. The van der Waals surface area contributed by atoms with Crippen molar-refractivity contribution in [2.45, 2.75) is 50.1 Å². The molecule has 0 atom stereocenters. The normalized spacial score (nSPS) is 17.7. The molecule has 1 aromatic carbocycles. The van der Waals surface area contributed by atoms with Crippen molar-refractivity contribution in [3.05, 3.63) is 46.6 Å². The average Bonchev–Trinajstić information content (AvgIpc) is 3.26. The van der Waals surface area contributed by atoms with Gasteiger partial charge >= 0.3 is 0 Å². The van der Waals surface area contributed by atoms with Gasteiger partial charge in [-0.05, 0) is 29.4 Å². The van der Waals surface area contributed by atoms with Gasteiger partial charge in [-0.15, -0.1) is 10.2 Å². The van der Waals surface area contributed by atoms with Gasteiger partial charge in [0.1, 0.15) is 0 Å². The second-order valence-electron chi connectivity index (χ2n) is 7.04. The van der Waals surface area contributed by atoms with E-state index in [0.717, 1.165) is 16.7 Å². The summed E-state index contributed by atoms with van der Waals surface area (Å²) in [5.74, 6) is 1.65. The molecule has 4 rings (SSSR count). The summed E-state index contributed by atoms with van der Waals surface area (Å²) in [5.41, 5.74) is 7.31. The van der Waals surface area contributed by atoms with E-state index in [2.05, 4.69) is 70.7 Å². The summed E-state index contributed by atoms with van der Waals surface area (Å²) in [6.45, 7) is 6.71. The number of nitrogens with zero attached hydrogens (tertiary/aromatic N) is 3. The molecular weight excluding hydrogens is 292 g/mol. The number of benzene rings is 1. The largest absolute Gasteiger partial charge is 0.290 e. The molecule has 22 heavy (non-hydrogen) atoms. The van der Waals surface area contributed by atoms with Crippen molar-refractivity contribution >= 4 is 17.5 Å². The molecular formula is C17H20N4S. The lowest BCUT2D eigenvalue weighted by molar-refractivity contribution is 0.590. The molecule has 0 bridgehead atoms. The first-order chi connectivity index (χ1) is 10.5. The number of nitrogens with one attached hydrogen (secondary N) is 1. The fraction of sp³-hybridized carbons (Fsp3) is 0.412. The summed E-state index contributed by atoms with van der Waals surface area (Å²) in [4.78, 5) is 0. The van der Waals surface area contributed by atoms with E-state index < -0.39 is 0 Å². The maximum absolute atomic E-state index is 4.33. The zero-order valence-electron chi connectivity index (χ0n) is 13.1. The van der Waals surface area contributed by atoms with Crippen molar-refractivity contribution in [1.82, 2.24) is 14.9 Å². The van der Waals surface area contributed by atoms with Gasteiger partial charge in [-0.25, -0.2) is 4.68 Å². The van der Waals surface area contributed by atoms with Gasteiger partial charge in [0.15, 0.2) is 5.82 Å². The summed E-state index contributed by atoms with van der Waals surface area (Å²) >= 11 is 1.63. The summed E-state index contributed by atoms with van der Waals surface area (Å²) < 4.78 is 2.05. The molecule has 1 saturated carbocycles. The third kappa shape index (κ3) is 2.43. The van der Waals surface area contributed by atoms with E-state index in [4.69, 9.17) is 0 Å². The second kappa shape index (κ2) is 4.88. The molecule has 0 radical (unpaired) electrons. The predicted octanol–water partition coefficient (Wildman–Crippen LogP) is 4.10. The number of thioether (sulfide) groups is 1. The molecule has 0 amide bonds. The highest BCUT2D eigenvalue weighted by atomic mass is 32.2. The van der Waals surface area contributed by atoms with E-state index in [1.54, 1.807) is 11.8 Å². The molecule has 1 fully saturated rings. The van der Waals surface area contributed by atoms with Crippen molar-refractivity contribution in [1.29, 1.82) is 0 Å². The van der Waals surface area contributed by atoms with Crippen LogP contribution >= 0.6 is 11.8 Å². The highest BCUT2D eigenvalue weighted by Gasteiger charge is 2.31. The van der Waals surface area contributed by atoms with Gasteiger partial charge in [0.25, 0.3) is 0 Å². The van der Waals surface area contributed by atoms with Crippen LogP contribution in [0.15, 0.2) is 34.8 Å². The Labute approximate surface area is 135 Å². The minimum atomic E-state index is 0.183. The Morgan fingerprint density at radius 2 is 1.86 bits per heavy atom. The van der Waals surface area contributed by atoms with Crippen molar-refractivity contribution in [3.63, 3.8) is 0 Å². The van der Waals surface area contributed by atoms with Gasteiger partial charge in [-0.1, -0.05) is 56.8 Å². The Morgan fingerprint density at radius 1 is 1.14 bits per heavy atom. The maximum atomic E-state index is 4.33. The van der Waals surface area contributed by atoms with E-state index in [1.165, 1.54) is 24.0 Å². The van der Waals surface area contributed by atoms with Crippen molar-refractivity contribution in [2.75, 3.05) is 5.43 Å². The van der Waals surface area contributed by atoms with E-state index in [0.29, 0.717) is 5.92 Å². The SMILES string of the molecule is CC(C)(C)c1ccc(C2=CSc3nnc(C4CC4)n3N2)cc1. The van der Waals surface area contributed by atoms with Gasteiger partial charge in [0.2, 0.25) is 5.16 Å². The first kappa shape index (κ1) is 13.9. The van der Waals surface area contributed by atoms with E-state index in [-0.39, 0.29) is 5.41 Å². The number of hydrogen-bond donors (Lipinski definition) is 1.